The molecule has 3 rings (SSSR count). The number of aromatic nitrogens is 3. The fourth-order valence-corrected chi connectivity index (χ4v) is 2.61. The number of nitrogens with one attached hydrogen (secondary N) is 1. The number of anilines is 1. The van der Waals surface area contributed by atoms with Gasteiger partial charge in [0.2, 0.25) is 5.91 Å². The number of nitrogens with zero attached hydrogens (tertiary/aromatic N) is 4. The quantitative estimate of drug-likeness (QED) is 0.856. The topological polar surface area (TPSA) is 89.3 Å². The number of amides is 1. The summed E-state index contributed by atoms with van der Waals surface area (Å²) in [5.41, 5.74) is 1.06. The molecule has 0 saturated carbocycles. The van der Waals surface area contributed by atoms with Crippen molar-refractivity contribution in [3.63, 3.8) is 0 Å². The van der Waals surface area contributed by atoms with Gasteiger partial charge in [0.1, 0.15) is 19.1 Å². The van der Waals surface area contributed by atoms with Gasteiger partial charge in [-0.25, -0.2) is 9.67 Å². The fourth-order valence-electron chi connectivity index (χ4n) is 2.61. The van der Waals surface area contributed by atoms with Crippen LogP contribution in [-0.4, -0.2) is 47.1 Å². The molecule has 0 atom stereocenters. The summed E-state index contributed by atoms with van der Waals surface area (Å²) in [5, 5.41) is 6.93. The van der Waals surface area contributed by atoms with Crippen molar-refractivity contribution in [3.8, 4) is 11.3 Å². The Morgan fingerprint density at radius 1 is 1.32 bits per heavy atom. The maximum absolute atomic E-state index is 11.9. The molecule has 0 unspecified atom stereocenters. The van der Waals surface area contributed by atoms with Gasteiger partial charge in [-0.3, -0.25) is 9.59 Å². The molecule has 0 bridgehead atoms. The SMILES string of the molecule is CCNC(=O)Cn1nc(-c2ccc(N3CCCOC3)nc2)ccc1=O. The van der Waals surface area contributed by atoms with Crippen molar-refractivity contribution >= 4 is 11.7 Å². The highest BCUT2D eigenvalue weighted by Gasteiger charge is 2.13. The fraction of sp³-hybridized carbons (Fsp3) is 0.412. The molecule has 2 aromatic rings. The second-order valence-corrected chi connectivity index (χ2v) is 5.73. The molecule has 25 heavy (non-hydrogen) atoms. The van der Waals surface area contributed by atoms with Crippen molar-refractivity contribution in [2.24, 2.45) is 0 Å². The number of rotatable bonds is 5. The smallest absolute Gasteiger partial charge is 0.267 e. The second-order valence-electron chi connectivity index (χ2n) is 5.73. The van der Waals surface area contributed by atoms with Crippen LogP contribution in [0.2, 0.25) is 0 Å². The summed E-state index contributed by atoms with van der Waals surface area (Å²) in [5.74, 6) is 0.604. The van der Waals surface area contributed by atoms with E-state index in [1.54, 1.807) is 12.3 Å². The Hall–Kier alpha value is -2.74. The van der Waals surface area contributed by atoms with E-state index in [0.717, 1.165) is 35.6 Å². The number of likely N-dealkylation sites (N-methyl/N-ethyl adjacent to an activating group) is 1. The number of hydrogen-bond donors (Lipinski definition) is 1. The average Bonchev–Trinajstić information content (AvgIpc) is 2.65. The van der Waals surface area contributed by atoms with E-state index in [1.807, 2.05) is 19.1 Å². The Kier molecular flexibility index (Phi) is 5.39. The lowest BCUT2D eigenvalue weighted by Crippen LogP contribution is -2.33. The maximum atomic E-state index is 11.9. The lowest BCUT2D eigenvalue weighted by molar-refractivity contribution is -0.121. The Labute approximate surface area is 145 Å². The molecule has 132 valence electrons. The van der Waals surface area contributed by atoms with Crippen LogP contribution in [0.3, 0.4) is 0 Å². The van der Waals surface area contributed by atoms with Crippen LogP contribution in [0.15, 0.2) is 35.3 Å². The van der Waals surface area contributed by atoms with Gasteiger partial charge in [0.05, 0.1) is 12.3 Å². The first-order chi connectivity index (χ1) is 12.2. The summed E-state index contributed by atoms with van der Waals surface area (Å²) in [7, 11) is 0. The van der Waals surface area contributed by atoms with Crippen LogP contribution >= 0.6 is 0 Å². The van der Waals surface area contributed by atoms with E-state index in [1.165, 1.54) is 6.07 Å². The van der Waals surface area contributed by atoms with Gasteiger partial charge in [0, 0.05) is 30.9 Å². The highest BCUT2D eigenvalue weighted by atomic mass is 16.5. The van der Waals surface area contributed by atoms with Gasteiger partial charge < -0.3 is 15.0 Å². The lowest BCUT2D eigenvalue weighted by atomic mass is 10.2. The molecule has 0 aliphatic carbocycles. The first kappa shape index (κ1) is 17.1. The zero-order chi connectivity index (χ0) is 17.6. The summed E-state index contributed by atoms with van der Waals surface area (Å²) < 4.78 is 6.59. The van der Waals surface area contributed by atoms with Crippen molar-refractivity contribution in [2.45, 2.75) is 19.9 Å². The minimum atomic E-state index is -0.315. The molecule has 1 N–H and O–H groups in total. The molecule has 3 heterocycles. The van der Waals surface area contributed by atoms with Crippen molar-refractivity contribution in [2.75, 3.05) is 31.3 Å². The molecule has 1 aliphatic heterocycles. The van der Waals surface area contributed by atoms with Crippen LogP contribution in [0.1, 0.15) is 13.3 Å². The summed E-state index contributed by atoms with van der Waals surface area (Å²) >= 11 is 0. The molecule has 8 nitrogen and oxygen atoms in total. The van der Waals surface area contributed by atoms with Gasteiger partial charge >= 0.3 is 0 Å². The minimum absolute atomic E-state index is 0.100. The molecule has 1 fully saturated rings. The first-order valence-electron chi connectivity index (χ1n) is 8.31. The van der Waals surface area contributed by atoms with Crippen LogP contribution < -0.4 is 15.8 Å². The van der Waals surface area contributed by atoms with E-state index in [2.05, 4.69) is 20.3 Å². The number of pyridine rings is 1. The lowest BCUT2D eigenvalue weighted by Gasteiger charge is -2.27. The zero-order valence-electron chi connectivity index (χ0n) is 14.1. The predicted octanol–water partition coefficient (Wildman–Crippen LogP) is 0.626. The highest BCUT2D eigenvalue weighted by molar-refractivity contribution is 5.75. The third kappa shape index (κ3) is 4.21. The number of ether oxygens (including phenoxy) is 1. The molecule has 2 aromatic heterocycles. The third-order valence-electron chi connectivity index (χ3n) is 3.87. The molecule has 0 aromatic carbocycles. The average molecular weight is 343 g/mol. The van der Waals surface area contributed by atoms with Crippen LogP contribution in [0.5, 0.6) is 0 Å². The number of carbonyl (C=O) groups is 1. The second kappa shape index (κ2) is 7.89. The van der Waals surface area contributed by atoms with E-state index >= 15 is 0 Å². The van der Waals surface area contributed by atoms with E-state index in [9.17, 15) is 9.59 Å². The van der Waals surface area contributed by atoms with Gasteiger partial charge in [-0.2, -0.15) is 5.10 Å². The molecule has 1 amide bonds. The monoisotopic (exact) mass is 343 g/mol. The summed E-state index contributed by atoms with van der Waals surface area (Å²) in [6, 6.07) is 6.86. The van der Waals surface area contributed by atoms with E-state index < -0.39 is 0 Å². The molecule has 0 spiro atoms. The molecule has 0 radical (unpaired) electrons. The van der Waals surface area contributed by atoms with Crippen molar-refractivity contribution in [1.29, 1.82) is 0 Å². The van der Waals surface area contributed by atoms with Crippen molar-refractivity contribution in [1.82, 2.24) is 20.1 Å². The Morgan fingerprint density at radius 3 is 2.88 bits per heavy atom. The summed E-state index contributed by atoms with van der Waals surface area (Å²) in [6.07, 6.45) is 2.70. The van der Waals surface area contributed by atoms with Gasteiger partial charge in [-0.15, -0.1) is 0 Å². The van der Waals surface area contributed by atoms with E-state index in [4.69, 9.17) is 4.74 Å². The highest BCUT2D eigenvalue weighted by Crippen LogP contribution is 2.19. The Balaban J connectivity index is 1.79. The van der Waals surface area contributed by atoms with E-state index in [0.29, 0.717) is 19.0 Å². The maximum Gasteiger partial charge on any atom is 0.267 e. The van der Waals surface area contributed by atoms with Gasteiger partial charge in [0.15, 0.2) is 0 Å². The molecule has 8 heteroatoms. The van der Waals surface area contributed by atoms with Crippen molar-refractivity contribution < 1.29 is 9.53 Å². The Bertz CT molecular complexity index is 782. The summed E-state index contributed by atoms with van der Waals surface area (Å²) in [6.45, 7) is 4.48. The largest absolute Gasteiger partial charge is 0.361 e. The molecule has 1 aliphatic rings. The van der Waals surface area contributed by atoms with Gasteiger partial charge in [0.25, 0.3) is 5.56 Å². The van der Waals surface area contributed by atoms with Crippen molar-refractivity contribution in [3.05, 3.63) is 40.8 Å². The molecular weight excluding hydrogens is 322 g/mol. The molecular formula is C17H21N5O3. The van der Waals surface area contributed by atoms with Crippen LogP contribution in [0.25, 0.3) is 11.3 Å². The third-order valence-corrected chi connectivity index (χ3v) is 3.87. The van der Waals surface area contributed by atoms with Crippen LogP contribution in [0.4, 0.5) is 5.82 Å². The van der Waals surface area contributed by atoms with Crippen LogP contribution in [0, 0.1) is 0 Å². The summed E-state index contributed by atoms with van der Waals surface area (Å²) in [4.78, 5) is 30.1. The van der Waals surface area contributed by atoms with E-state index in [-0.39, 0.29) is 18.0 Å². The van der Waals surface area contributed by atoms with Gasteiger partial charge in [-0.1, -0.05) is 0 Å². The number of carbonyl (C=O) groups excluding carboxylic acids is 1. The normalized spacial score (nSPS) is 14.4. The predicted molar refractivity (Wildman–Crippen MR) is 93.2 cm³/mol. The molecule has 1 saturated heterocycles. The first-order valence-corrected chi connectivity index (χ1v) is 8.31. The Morgan fingerprint density at radius 2 is 2.20 bits per heavy atom. The standard InChI is InChI=1S/C17H21N5O3/c1-2-18-16(23)11-22-17(24)7-5-14(20-22)13-4-6-15(19-10-13)21-8-3-9-25-12-21/h4-7,10H,2-3,8-9,11-12H2,1H3,(H,18,23). The van der Waals surface area contributed by atoms with Gasteiger partial charge in [-0.05, 0) is 31.5 Å². The minimum Gasteiger partial charge on any atom is -0.361 e. The zero-order valence-corrected chi connectivity index (χ0v) is 14.1. The van der Waals surface area contributed by atoms with Crippen LogP contribution in [-0.2, 0) is 16.1 Å². The number of hydrogen-bond acceptors (Lipinski definition) is 6.